The molecule has 1 N–H and O–H groups in total. The molecule has 6 heteroatoms. The number of carbonyl (C=O) groups is 2. The molecular formula is C22H22N2O3S. The van der Waals surface area contributed by atoms with Gasteiger partial charge in [0.1, 0.15) is 0 Å². The van der Waals surface area contributed by atoms with Crippen molar-refractivity contribution in [2.24, 2.45) is 0 Å². The minimum atomic E-state index is -0.250. The van der Waals surface area contributed by atoms with Crippen LogP contribution in [-0.4, -0.2) is 29.8 Å². The summed E-state index contributed by atoms with van der Waals surface area (Å²) in [6, 6.07) is 15.6. The molecule has 0 unspecified atom stereocenters. The van der Waals surface area contributed by atoms with Crippen molar-refractivity contribution >= 4 is 23.2 Å². The molecule has 0 spiro atoms. The van der Waals surface area contributed by atoms with Crippen LogP contribution in [-0.2, 0) is 11.2 Å². The van der Waals surface area contributed by atoms with Crippen LogP contribution < -0.4 is 5.32 Å². The standard InChI is InChI=1S/C22H22N2O3S/c25-20(9-4-12-23-22(26)18-8-5-14-27-18)24-13-10-19-17(11-15-28-19)21(24)16-6-2-1-3-7-16/h1-3,5-8,11,14-15,21H,4,9-10,12-13H2,(H,23,26)/t21-/m0/s1. The van der Waals surface area contributed by atoms with E-state index in [-0.39, 0.29) is 23.6 Å². The van der Waals surface area contributed by atoms with Crippen LogP contribution in [0.1, 0.15) is 45.4 Å². The number of thiophene rings is 1. The van der Waals surface area contributed by atoms with E-state index in [9.17, 15) is 9.59 Å². The maximum Gasteiger partial charge on any atom is 0.286 e. The lowest BCUT2D eigenvalue weighted by Crippen LogP contribution is -2.40. The van der Waals surface area contributed by atoms with Gasteiger partial charge in [-0.1, -0.05) is 30.3 Å². The molecule has 144 valence electrons. The third kappa shape index (κ3) is 3.87. The number of amides is 2. The van der Waals surface area contributed by atoms with Crippen LogP contribution in [0.4, 0.5) is 0 Å². The Hall–Kier alpha value is -2.86. The van der Waals surface area contributed by atoms with Gasteiger partial charge in [0.05, 0.1) is 12.3 Å². The lowest BCUT2D eigenvalue weighted by atomic mass is 9.93. The number of rotatable bonds is 6. The van der Waals surface area contributed by atoms with E-state index in [2.05, 4.69) is 28.9 Å². The maximum absolute atomic E-state index is 13.0. The fraction of sp³-hybridized carbons (Fsp3) is 0.273. The molecule has 0 saturated heterocycles. The highest BCUT2D eigenvalue weighted by atomic mass is 32.1. The fourth-order valence-corrected chi connectivity index (χ4v) is 4.56. The monoisotopic (exact) mass is 394 g/mol. The van der Waals surface area contributed by atoms with Crippen LogP contribution in [0.15, 0.2) is 64.6 Å². The summed E-state index contributed by atoms with van der Waals surface area (Å²) in [7, 11) is 0. The van der Waals surface area contributed by atoms with Crippen LogP contribution >= 0.6 is 11.3 Å². The van der Waals surface area contributed by atoms with E-state index in [0.717, 1.165) is 18.5 Å². The van der Waals surface area contributed by atoms with Crippen molar-refractivity contribution in [3.8, 4) is 0 Å². The number of hydrogen-bond acceptors (Lipinski definition) is 4. The Bertz CT molecular complexity index is 934. The lowest BCUT2D eigenvalue weighted by molar-refractivity contribution is -0.133. The molecule has 0 aliphatic carbocycles. The molecule has 1 atom stereocenters. The minimum absolute atomic E-state index is 0.0265. The summed E-state index contributed by atoms with van der Waals surface area (Å²) in [6.45, 7) is 1.17. The number of hydrogen-bond donors (Lipinski definition) is 1. The quantitative estimate of drug-likeness (QED) is 0.642. The van der Waals surface area contributed by atoms with Gasteiger partial charge in [-0.3, -0.25) is 9.59 Å². The van der Waals surface area contributed by atoms with Gasteiger partial charge in [0.2, 0.25) is 5.91 Å². The van der Waals surface area contributed by atoms with Crippen molar-refractivity contribution in [3.05, 3.63) is 81.9 Å². The first-order valence-electron chi connectivity index (χ1n) is 9.46. The van der Waals surface area contributed by atoms with Gasteiger partial charge in [-0.05, 0) is 47.5 Å². The molecule has 4 rings (SSSR count). The lowest BCUT2D eigenvalue weighted by Gasteiger charge is -2.36. The van der Waals surface area contributed by atoms with Gasteiger partial charge in [-0.25, -0.2) is 0 Å². The first-order valence-corrected chi connectivity index (χ1v) is 10.3. The summed E-state index contributed by atoms with van der Waals surface area (Å²) < 4.78 is 5.07. The number of nitrogens with zero attached hydrogens (tertiary/aromatic N) is 1. The maximum atomic E-state index is 13.0. The zero-order valence-electron chi connectivity index (χ0n) is 15.5. The van der Waals surface area contributed by atoms with Crippen molar-refractivity contribution in [3.63, 3.8) is 0 Å². The van der Waals surface area contributed by atoms with E-state index in [1.807, 2.05) is 23.1 Å². The molecule has 2 amide bonds. The predicted octanol–water partition coefficient (Wildman–Crippen LogP) is 4.03. The van der Waals surface area contributed by atoms with Crippen molar-refractivity contribution in [2.75, 3.05) is 13.1 Å². The molecule has 2 aromatic heterocycles. The van der Waals surface area contributed by atoms with E-state index in [1.165, 1.54) is 16.7 Å². The summed E-state index contributed by atoms with van der Waals surface area (Å²) in [4.78, 5) is 28.2. The summed E-state index contributed by atoms with van der Waals surface area (Å²) >= 11 is 1.77. The summed E-state index contributed by atoms with van der Waals surface area (Å²) in [5.41, 5.74) is 2.38. The van der Waals surface area contributed by atoms with Gasteiger partial charge in [-0.15, -0.1) is 11.3 Å². The van der Waals surface area contributed by atoms with Crippen LogP contribution in [0.3, 0.4) is 0 Å². The van der Waals surface area contributed by atoms with Crippen LogP contribution in [0.5, 0.6) is 0 Å². The second kappa shape index (κ2) is 8.44. The SMILES string of the molecule is O=C(NCCCC(=O)N1CCc2sccc2[C@@H]1c1ccccc1)c1ccco1. The van der Waals surface area contributed by atoms with Crippen molar-refractivity contribution in [2.45, 2.75) is 25.3 Å². The van der Waals surface area contributed by atoms with Crippen LogP contribution in [0, 0.1) is 0 Å². The smallest absolute Gasteiger partial charge is 0.286 e. The number of fused-ring (bicyclic) bond motifs is 1. The van der Waals surface area contributed by atoms with Gasteiger partial charge in [0.25, 0.3) is 5.91 Å². The Morgan fingerprint density at radius 2 is 2.00 bits per heavy atom. The zero-order chi connectivity index (χ0) is 19.3. The molecule has 3 aromatic rings. The third-order valence-corrected chi connectivity index (χ3v) is 6.00. The van der Waals surface area contributed by atoms with E-state index in [1.54, 1.807) is 23.5 Å². The van der Waals surface area contributed by atoms with Crippen molar-refractivity contribution < 1.29 is 14.0 Å². The first-order chi connectivity index (χ1) is 13.7. The highest BCUT2D eigenvalue weighted by Crippen LogP contribution is 2.38. The Kier molecular flexibility index (Phi) is 5.58. The highest BCUT2D eigenvalue weighted by Gasteiger charge is 2.32. The zero-order valence-corrected chi connectivity index (χ0v) is 16.3. The molecule has 0 saturated carbocycles. The van der Waals surface area contributed by atoms with Gasteiger partial charge in [0, 0.05) is 24.4 Å². The highest BCUT2D eigenvalue weighted by molar-refractivity contribution is 7.10. The van der Waals surface area contributed by atoms with E-state index in [0.29, 0.717) is 19.4 Å². The Balaban J connectivity index is 1.39. The molecular weight excluding hydrogens is 372 g/mol. The van der Waals surface area contributed by atoms with Gasteiger partial charge in [-0.2, -0.15) is 0 Å². The van der Waals surface area contributed by atoms with E-state index >= 15 is 0 Å². The summed E-state index contributed by atoms with van der Waals surface area (Å²) in [5.74, 6) is 0.162. The molecule has 3 heterocycles. The Labute approximate surface area is 168 Å². The third-order valence-electron chi connectivity index (χ3n) is 5.00. The minimum Gasteiger partial charge on any atom is -0.459 e. The van der Waals surface area contributed by atoms with Gasteiger partial charge < -0.3 is 14.6 Å². The molecule has 5 nitrogen and oxygen atoms in total. The van der Waals surface area contributed by atoms with Crippen LogP contribution in [0.2, 0.25) is 0 Å². The topological polar surface area (TPSA) is 62.6 Å². The second-order valence-electron chi connectivity index (χ2n) is 6.79. The first kappa shape index (κ1) is 18.5. The molecule has 0 radical (unpaired) electrons. The van der Waals surface area contributed by atoms with Gasteiger partial charge in [0.15, 0.2) is 5.76 Å². The molecule has 1 aliphatic heterocycles. The molecule has 28 heavy (non-hydrogen) atoms. The van der Waals surface area contributed by atoms with Crippen LogP contribution in [0.25, 0.3) is 0 Å². The average Bonchev–Trinajstić information content (AvgIpc) is 3.42. The fourth-order valence-electron chi connectivity index (χ4n) is 3.66. The van der Waals surface area contributed by atoms with Crippen molar-refractivity contribution in [1.29, 1.82) is 0 Å². The van der Waals surface area contributed by atoms with Gasteiger partial charge >= 0.3 is 0 Å². The number of nitrogens with one attached hydrogen (secondary N) is 1. The second-order valence-corrected chi connectivity index (χ2v) is 7.79. The number of furan rings is 1. The Morgan fingerprint density at radius 3 is 2.79 bits per heavy atom. The number of benzene rings is 1. The molecule has 1 aromatic carbocycles. The Morgan fingerprint density at radius 1 is 1.14 bits per heavy atom. The van der Waals surface area contributed by atoms with E-state index < -0.39 is 0 Å². The summed E-state index contributed by atoms with van der Waals surface area (Å²) in [5, 5.41) is 4.91. The molecule has 0 fully saturated rings. The number of carbonyl (C=O) groups excluding carboxylic acids is 2. The normalized spacial score (nSPS) is 15.9. The molecule has 1 aliphatic rings. The summed E-state index contributed by atoms with van der Waals surface area (Å²) in [6.07, 6.45) is 3.37. The molecule has 0 bridgehead atoms. The predicted molar refractivity (Wildman–Crippen MR) is 108 cm³/mol. The van der Waals surface area contributed by atoms with E-state index in [4.69, 9.17) is 4.42 Å². The van der Waals surface area contributed by atoms with Crippen molar-refractivity contribution in [1.82, 2.24) is 10.2 Å². The average molecular weight is 394 g/mol. The largest absolute Gasteiger partial charge is 0.459 e.